The van der Waals surface area contributed by atoms with E-state index in [1.807, 2.05) is 0 Å². The van der Waals surface area contributed by atoms with Gasteiger partial charge in [0.2, 0.25) is 0 Å². The van der Waals surface area contributed by atoms with Gasteiger partial charge in [-0.2, -0.15) is 0 Å². The van der Waals surface area contributed by atoms with Crippen molar-refractivity contribution in [2.24, 2.45) is 0 Å². The summed E-state index contributed by atoms with van der Waals surface area (Å²) in [5.74, 6) is -0.166. The molecule has 0 amide bonds. The van der Waals surface area contributed by atoms with Crippen molar-refractivity contribution in [2.75, 3.05) is 6.61 Å². The molecule has 5 nitrogen and oxygen atoms in total. The fourth-order valence-corrected chi connectivity index (χ4v) is 1.45. The Bertz CT molecular complexity index is 274. The van der Waals surface area contributed by atoms with Crippen LogP contribution >= 0.6 is 0 Å². The van der Waals surface area contributed by atoms with E-state index in [-0.39, 0.29) is 12.4 Å². The van der Waals surface area contributed by atoms with Crippen LogP contribution in [0.3, 0.4) is 0 Å². The second-order valence-corrected chi connectivity index (χ2v) is 3.99. The zero-order valence-electron chi connectivity index (χ0n) is 10.6. The van der Waals surface area contributed by atoms with Gasteiger partial charge in [0.15, 0.2) is 5.78 Å². The molecule has 0 atom stereocenters. The van der Waals surface area contributed by atoms with Crippen LogP contribution in [0.2, 0.25) is 0 Å². The number of carbonyl (C=O) groups is 1. The van der Waals surface area contributed by atoms with Crippen molar-refractivity contribution < 1.29 is 14.7 Å². The van der Waals surface area contributed by atoms with Gasteiger partial charge in [0.1, 0.15) is 6.61 Å². The normalized spacial score (nSPS) is 11.3. The first-order chi connectivity index (χ1) is 8.07. The van der Waals surface area contributed by atoms with Gasteiger partial charge in [-0.3, -0.25) is 4.79 Å². The van der Waals surface area contributed by atoms with Crippen LogP contribution in [0.15, 0.2) is 11.6 Å². The van der Waals surface area contributed by atoms with Gasteiger partial charge < -0.3 is 4.84 Å². The van der Waals surface area contributed by atoms with Gasteiger partial charge in [-0.05, 0) is 19.8 Å². The SMILES string of the molecule is CCCCCCC/C=C(\CO[N+](=O)[O-])C(C)=O. The summed E-state index contributed by atoms with van der Waals surface area (Å²) in [5.41, 5.74) is 0.386. The highest BCUT2D eigenvalue weighted by atomic mass is 16.9. The van der Waals surface area contributed by atoms with E-state index in [0.29, 0.717) is 5.57 Å². The molecule has 0 aliphatic rings. The number of hydrogen-bond donors (Lipinski definition) is 0. The molecule has 0 bridgehead atoms. The fourth-order valence-electron chi connectivity index (χ4n) is 1.45. The van der Waals surface area contributed by atoms with Gasteiger partial charge in [0, 0.05) is 5.57 Å². The number of Topliss-reactive ketones (excluding diaryl/α,β-unsaturated/α-hetero) is 1. The molecule has 5 heteroatoms. The minimum atomic E-state index is -0.877. The highest BCUT2D eigenvalue weighted by molar-refractivity contribution is 5.93. The Morgan fingerprint density at radius 3 is 2.47 bits per heavy atom. The zero-order chi connectivity index (χ0) is 13.1. The number of carbonyl (C=O) groups excluding carboxylic acids is 1. The Hall–Kier alpha value is -1.39. The number of nitrogens with zero attached hydrogens (tertiary/aromatic N) is 1. The summed E-state index contributed by atoms with van der Waals surface area (Å²) in [4.78, 5) is 25.4. The molecular weight excluding hydrogens is 222 g/mol. The molecule has 0 fully saturated rings. The van der Waals surface area contributed by atoms with Crippen LogP contribution in [0.25, 0.3) is 0 Å². The Kier molecular flexibility index (Phi) is 9.01. The minimum Gasteiger partial charge on any atom is -0.309 e. The number of rotatable bonds is 10. The maximum atomic E-state index is 11.2. The summed E-state index contributed by atoms with van der Waals surface area (Å²) in [6.07, 6.45) is 8.29. The molecule has 17 heavy (non-hydrogen) atoms. The van der Waals surface area contributed by atoms with Crippen molar-refractivity contribution in [1.29, 1.82) is 0 Å². The van der Waals surface area contributed by atoms with E-state index in [4.69, 9.17) is 0 Å². The molecular formula is C12H21NO4. The van der Waals surface area contributed by atoms with Gasteiger partial charge in [-0.1, -0.05) is 38.7 Å². The molecule has 0 rings (SSSR count). The van der Waals surface area contributed by atoms with Crippen LogP contribution in [0.5, 0.6) is 0 Å². The minimum absolute atomic E-state index is 0.166. The molecule has 0 heterocycles. The monoisotopic (exact) mass is 243 g/mol. The third-order valence-electron chi connectivity index (χ3n) is 2.48. The van der Waals surface area contributed by atoms with Crippen molar-refractivity contribution in [2.45, 2.75) is 52.4 Å². The zero-order valence-corrected chi connectivity index (χ0v) is 10.6. The molecule has 0 unspecified atom stereocenters. The third-order valence-corrected chi connectivity index (χ3v) is 2.48. The molecule has 0 N–H and O–H groups in total. The summed E-state index contributed by atoms with van der Waals surface area (Å²) in [6, 6.07) is 0. The molecule has 0 aliphatic carbocycles. The highest BCUT2D eigenvalue weighted by Gasteiger charge is 2.05. The summed E-state index contributed by atoms with van der Waals surface area (Å²) in [7, 11) is 0. The maximum Gasteiger partial charge on any atom is 0.294 e. The topological polar surface area (TPSA) is 69.4 Å². The van der Waals surface area contributed by atoms with E-state index in [1.54, 1.807) is 6.08 Å². The van der Waals surface area contributed by atoms with Gasteiger partial charge in [0.05, 0.1) is 0 Å². The average Bonchev–Trinajstić information content (AvgIpc) is 2.26. The lowest BCUT2D eigenvalue weighted by Crippen LogP contribution is -2.09. The predicted octanol–water partition coefficient (Wildman–Crippen LogP) is 3.07. The fraction of sp³-hybridized carbons (Fsp3) is 0.750. The van der Waals surface area contributed by atoms with Crippen LogP contribution in [-0.4, -0.2) is 17.5 Å². The number of allylic oxidation sites excluding steroid dienone is 1. The smallest absolute Gasteiger partial charge is 0.294 e. The molecule has 0 aromatic carbocycles. The summed E-state index contributed by atoms with van der Waals surface area (Å²) in [6.45, 7) is 3.31. The summed E-state index contributed by atoms with van der Waals surface area (Å²) in [5, 5.41) is 9.14. The van der Waals surface area contributed by atoms with Crippen LogP contribution < -0.4 is 0 Å². The molecule has 0 saturated carbocycles. The average molecular weight is 243 g/mol. The van der Waals surface area contributed by atoms with E-state index >= 15 is 0 Å². The van der Waals surface area contributed by atoms with Gasteiger partial charge in [-0.15, -0.1) is 10.1 Å². The van der Waals surface area contributed by atoms with Crippen molar-refractivity contribution in [3.05, 3.63) is 21.8 Å². The first-order valence-corrected chi connectivity index (χ1v) is 6.05. The lowest BCUT2D eigenvalue weighted by molar-refractivity contribution is -0.755. The first-order valence-electron chi connectivity index (χ1n) is 6.05. The Morgan fingerprint density at radius 2 is 1.94 bits per heavy atom. The second-order valence-electron chi connectivity index (χ2n) is 3.99. The quantitative estimate of drug-likeness (QED) is 0.256. The predicted molar refractivity (Wildman–Crippen MR) is 65.1 cm³/mol. The van der Waals surface area contributed by atoms with Crippen LogP contribution in [-0.2, 0) is 9.63 Å². The molecule has 0 radical (unpaired) electrons. The van der Waals surface area contributed by atoms with Crippen molar-refractivity contribution in [3.63, 3.8) is 0 Å². The second kappa shape index (κ2) is 9.81. The number of hydrogen-bond acceptors (Lipinski definition) is 4. The largest absolute Gasteiger partial charge is 0.309 e. The van der Waals surface area contributed by atoms with Crippen molar-refractivity contribution in [3.8, 4) is 0 Å². The van der Waals surface area contributed by atoms with Crippen LogP contribution in [0.1, 0.15) is 52.4 Å². The van der Waals surface area contributed by atoms with E-state index in [1.165, 1.54) is 26.2 Å². The highest BCUT2D eigenvalue weighted by Crippen LogP contribution is 2.08. The summed E-state index contributed by atoms with van der Waals surface area (Å²) < 4.78 is 0. The van der Waals surface area contributed by atoms with Gasteiger partial charge >= 0.3 is 0 Å². The lowest BCUT2D eigenvalue weighted by Gasteiger charge is -2.02. The van der Waals surface area contributed by atoms with E-state index in [0.717, 1.165) is 19.3 Å². The maximum absolute atomic E-state index is 11.2. The molecule has 98 valence electrons. The molecule has 0 aliphatic heterocycles. The standard InChI is InChI=1S/C12H21NO4/c1-3-4-5-6-7-8-9-12(11(2)14)10-17-13(15)16/h9H,3-8,10H2,1-2H3/b12-9+. The van der Waals surface area contributed by atoms with E-state index < -0.39 is 5.09 Å². The van der Waals surface area contributed by atoms with Crippen molar-refractivity contribution in [1.82, 2.24) is 0 Å². The third kappa shape index (κ3) is 9.53. The molecule has 0 spiro atoms. The first kappa shape index (κ1) is 15.6. The van der Waals surface area contributed by atoms with Gasteiger partial charge in [0.25, 0.3) is 5.09 Å². The Balaban J connectivity index is 3.87. The van der Waals surface area contributed by atoms with E-state index in [9.17, 15) is 14.9 Å². The number of ketones is 1. The van der Waals surface area contributed by atoms with Gasteiger partial charge in [-0.25, -0.2) is 0 Å². The number of unbranched alkanes of at least 4 members (excludes halogenated alkanes) is 5. The molecule has 0 aromatic heterocycles. The van der Waals surface area contributed by atoms with E-state index in [2.05, 4.69) is 11.8 Å². The van der Waals surface area contributed by atoms with Crippen LogP contribution in [0.4, 0.5) is 0 Å². The molecule has 0 aromatic rings. The van der Waals surface area contributed by atoms with Crippen LogP contribution in [0, 0.1) is 10.1 Å². The van der Waals surface area contributed by atoms with Crippen molar-refractivity contribution >= 4 is 5.78 Å². The Morgan fingerprint density at radius 1 is 1.29 bits per heavy atom. The lowest BCUT2D eigenvalue weighted by atomic mass is 10.1. The summed E-state index contributed by atoms with van der Waals surface area (Å²) >= 11 is 0. The Labute approximate surface area is 102 Å². The molecule has 0 saturated heterocycles.